The Labute approximate surface area is 190 Å². The summed E-state index contributed by atoms with van der Waals surface area (Å²) in [5.74, 6) is 0.157. The maximum absolute atomic E-state index is 12.7. The lowest BCUT2D eigenvalue weighted by atomic mass is 10.0. The standard InChI is InChI=1S/C24H22ClN3O2S/c1-30-14-13-28-22-12-11-18(25)15-21(22)27-24(28)31-16-23(29)26-20-10-6-5-9-19(20)17-7-3-2-4-8-17/h2-12,15H,13-14,16H2,1H3,(H,26,29). The second-order valence-electron chi connectivity index (χ2n) is 6.92. The van der Waals surface area contributed by atoms with Crippen molar-refractivity contribution in [3.05, 3.63) is 77.8 Å². The van der Waals surface area contributed by atoms with Crippen LogP contribution in [0.25, 0.3) is 22.2 Å². The highest BCUT2D eigenvalue weighted by atomic mass is 35.5. The number of carbonyl (C=O) groups is 1. The van der Waals surface area contributed by atoms with E-state index in [-0.39, 0.29) is 11.7 Å². The first-order valence-electron chi connectivity index (χ1n) is 9.87. The molecule has 0 atom stereocenters. The quantitative estimate of drug-likeness (QED) is 0.347. The van der Waals surface area contributed by atoms with E-state index in [0.29, 0.717) is 18.2 Å². The topological polar surface area (TPSA) is 56.1 Å². The largest absolute Gasteiger partial charge is 0.383 e. The zero-order chi connectivity index (χ0) is 21.6. The predicted molar refractivity (Wildman–Crippen MR) is 128 cm³/mol. The van der Waals surface area contributed by atoms with Gasteiger partial charge in [0.15, 0.2) is 5.16 Å². The average molecular weight is 452 g/mol. The Bertz CT molecular complexity index is 1190. The fraction of sp³-hybridized carbons (Fsp3) is 0.167. The van der Waals surface area contributed by atoms with Gasteiger partial charge in [0.2, 0.25) is 5.91 Å². The van der Waals surface area contributed by atoms with E-state index >= 15 is 0 Å². The molecule has 158 valence electrons. The Hall–Kier alpha value is -2.80. The lowest BCUT2D eigenvalue weighted by Gasteiger charge is -2.12. The van der Waals surface area contributed by atoms with Crippen LogP contribution in [0.15, 0.2) is 78.0 Å². The van der Waals surface area contributed by atoms with Crippen LogP contribution in [-0.4, -0.2) is 34.9 Å². The summed E-state index contributed by atoms with van der Waals surface area (Å²) in [7, 11) is 1.67. The number of nitrogens with one attached hydrogen (secondary N) is 1. The maximum Gasteiger partial charge on any atom is 0.234 e. The second kappa shape index (κ2) is 10.0. The molecule has 0 aliphatic rings. The van der Waals surface area contributed by atoms with Crippen molar-refractivity contribution in [3.63, 3.8) is 0 Å². The van der Waals surface area contributed by atoms with Gasteiger partial charge in [-0.2, -0.15) is 0 Å². The zero-order valence-corrected chi connectivity index (χ0v) is 18.6. The van der Waals surface area contributed by atoms with Crippen LogP contribution >= 0.6 is 23.4 Å². The SMILES string of the molecule is COCCn1c(SCC(=O)Nc2ccccc2-c2ccccc2)nc2cc(Cl)ccc21. The molecule has 0 saturated carbocycles. The number of hydrogen-bond acceptors (Lipinski definition) is 4. The molecule has 1 amide bonds. The Morgan fingerprint density at radius 1 is 1.10 bits per heavy atom. The molecule has 7 heteroatoms. The zero-order valence-electron chi connectivity index (χ0n) is 17.0. The molecule has 4 rings (SSSR count). The maximum atomic E-state index is 12.7. The number of para-hydroxylation sites is 1. The molecule has 0 saturated heterocycles. The number of nitrogens with zero attached hydrogens (tertiary/aromatic N) is 2. The molecular weight excluding hydrogens is 430 g/mol. The number of imidazole rings is 1. The van der Waals surface area contributed by atoms with E-state index < -0.39 is 0 Å². The van der Waals surface area contributed by atoms with Crippen LogP contribution < -0.4 is 5.32 Å². The summed E-state index contributed by atoms with van der Waals surface area (Å²) in [6.07, 6.45) is 0. The van der Waals surface area contributed by atoms with E-state index in [2.05, 4.69) is 14.9 Å². The van der Waals surface area contributed by atoms with Gasteiger partial charge in [-0.25, -0.2) is 4.98 Å². The molecule has 1 heterocycles. The van der Waals surface area contributed by atoms with Gasteiger partial charge in [-0.1, -0.05) is 71.9 Å². The molecule has 0 radical (unpaired) electrons. The number of methoxy groups -OCH3 is 1. The van der Waals surface area contributed by atoms with Gasteiger partial charge in [0.25, 0.3) is 0 Å². The molecule has 1 aromatic heterocycles. The van der Waals surface area contributed by atoms with Crippen molar-refractivity contribution in [2.45, 2.75) is 11.7 Å². The number of rotatable bonds is 8. The van der Waals surface area contributed by atoms with Crippen LogP contribution in [0.5, 0.6) is 0 Å². The number of thioether (sulfide) groups is 1. The highest BCUT2D eigenvalue weighted by Crippen LogP contribution is 2.29. The van der Waals surface area contributed by atoms with E-state index in [4.69, 9.17) is 16.3 Å². The fourth-order valence-corrected chi connectivity index (χ4v) is 4.37. The van der Waals surface area contributed by atoms with Gasteiger partial charge < -0.3 is 14.6 Å². The van der Waals surface area contributed by atoms with Crippen molar-refractivity contribution in [1.82, 2.24) is 9.55 Å². The molecule has 0 fully saturated rings. The number of benzene rings is 3. The summed E-state index contributed by atoms with van der Waals surface area (Å²) in [5.41, 5.74) is 4.62. The minimum atomic E-state index is -0.0863. The molecule has 5 nitrogen and oxygen atoms in total. The van der Waals surface area contributed by atoms with Gasteiger partial charge in [-0.15, -0.1) is 0 Å². The van der Waals surface area contributed by atoms with Crippen LogP contribution in [0.1, 0.15) is 0 Å². The lowest BCUT2D eigenvalue weighted by molar-refractivity contribution is -0.113. The third-order valence-electron chi connectivity index (χ3n) is 4.81. The van der Waals surface area contributed by atoms with Crippen LogP contribution in [0.4, 0.5) is 5.69 Å². The van der Waals surface area contributed by atoms with Gasteiger partial charge >= 0.3 is 0 Å². The van der Waals surface area contributed by atoms with Crippen LogP contribution in [-0.2, 0) is 16.1 Å². The smallest absolute Gasteiger partial charge is 0.234 e. The Balaban J connectivity index is 1.50. The third-order valence-corrected chi connectivity index (χ3v) is 6.02. The van der Waals surface area contributed by atoms with Gasteiger partial charge in [-0.05, 0) is 29.8 Å². The van der Waals surface area contributed by atoms with E-state index in [1.54, 1.807) is 7.11 Å². The first kappa shape index (κ1) is 21.4. The van der Waals surface area contributed by atoms with Crippen molar-refractivity contribution in [2.24, 2.45) is 0 Å². The number of anilines is 1. The summed E-state index contributed by atoms with van der Waals surface area (Å²) < 4.78 is 7.30. The van der Waals surface area contributed by atoms with E-state index in [0.717, 1.165) is 33.0 Å². The minimum absolute atomic E-state index is 0.0863. The first-order valence-corrected chi connectivity index (χ1v) is 11.2. The molecule has 0 aliphatic carbocycles. The Morgan fingerprint density at radius 2 is 1.87 bits per heavy atom. The first-order chi connectivity index (χ1) is 15.2. The van der Waals surface area contributed by atoms with Gasteiger partial charge in [0, 0.05) is 29.9 Å². The summed E-state index contributed by atoms with van der Waals surface area (Å²) >= 11 is 7.52. The monoisotopic (exact) mass is 451 g/mol. The highest BCUT2D eigenvalue weighted by Gasteiger charge is 2.14. The van der Waals surface area contributed by atoms with E-state index in [1.165, 1.54) is 11.8 Å². The highest BCUT2D eigenvalue weighted by molar-refractivity contribution is 7.99. The van der Waals surface area contributed by atoms with E-state index in [9.17, 15) is 4.79 Å². The van der Waals surface area contributed by atoms with E-state index in [1.807, 2.05) is 72.8 Å². The number of fused-ring (bicyclic) bond motifs is 1. The number of amides is 1. The fourth-order valence-electron chi connectivity index (χ4n) is 3.37. The summed E-state index contributed by atoms with van der Waals surface area (Å²) in [5, 5.41) is 4.44. The van der Waals surface area contributed by atoms with Crippen molar-refractivity contribution < 1.29 is 9.53 Å². The predicted octanol–water partition coefficient (Wildman–Crippen LogP) is 5.73. The number of hydrogen-bond donors (Lipinski definition) is 1. The summed E-state index contributed by atoms with van der Waals surface area (Å²) in [6, 6.07) is 23.4. The van der Waals surface area contributed by atoms with Crippen LogP contribution in [0.2, 0.25) is 5.02 Å². The van der Waals surface area contributed by atoms with Crippen LogP contribution in [0, 0.1) is 0 Å². The molecule has 31 heavy (non-hydrogen) atoms. The minimum Gasteiger partial charge on any atom is -0.383 e. The number of halogens is 1. The molecule has 1 N–H and O–H groups in total. The normalized spacial score (nSPS) is 11.0. The number of ether oxygens (including phenoxy) is 1. The lowest BCUT2D eigenvalue weighted by Crippen LogP contribution is -2.15. The van der Waals surface area contributed by atoms with Gasteiger partial charge in [0.1, 0.15) is 0 Å². The summed E-state index contributed by atoms with van der Waals surface area (Å²) in [6.45, 7) is 1.20. The van der Waals surface area contributed by atoms with Gasteiger partial charge in [0.05, 0.1) is 23.4 Å². The van der Waals surface area contributed by atoms with Crippen molar-refractivity contribution in [3.8, 4) is 11.1 Å². The molecule has 0 spiro atoms. The molecule has 4 aromatic rings. The number of aromatic nitrogens is 2. The van der Waals surface area contributed by atoms with Crippen LogP contribution in [0.3, 0.4) is 0 Å². The third kappa shape index (κ3) is 5.10. The Kier molecular flexibility index (Phi) is 6.92. The van der Waals surface area contributed by atoms with Crippen molar-refractivity contribution >= 4 is 46.0 Å². The van der Waals surface area contributed by atoms with Gasteiger partial charge in [-0.3, -0.25) is 4.79 Å². The van der Waals surface area contributed by atoms with Crippen molar-refractivity contribution in [2.75, 3.05) is 24.8 Å². The Morgan fingerprint density at radius 3 is 2.68 bits per heavy atom. The molecular formula is C24H22ClN3O2S. The molecule has 0 aliphatic heterocycles. The summed E-state index contributed by atoms with van der Waals surface area (Å²) in [4.78, 5) is 17.4. The molecule has 0 bridgehead atoms. The second-order valence-corrected chi connectivity index (χ2v) is 8.30. The number of carbonyl (C=O) groups excluding carboxylic acids is 1. The molecule has 3 aromatic carbocycles. The molecule has 0 unspecified atom stereocenters. The van der Waals surface area contributed by atoms with Crippen molar-refractivity contribution in [1.29, 1.82) is 0 Å². The average Bonchev–Trinajstić information content (AvgIpc) is 3.13.